The Balaban J connectivity index is 1.49. The Morgan fingerprint density at radius 2 is 2.09 bits per heavy atom. The maximum absolute atomic E-state index is 11.9. The van der Waals surface area contributed by atoms with Crippen molar-refractivity contribution in [1.82, 2.24) is 10.3 Å². The van der Waals surface area contributed by atoms with Crippen LogP contribution in [0.5, 0.6) is 11.5 Å². The van der Waals surface area contributed by atoms with Crippen LogP contribution >= 0.6 is 11.3 Å². The maximum atomic E-state index is 11.9. The van der Waals surface area contributed by atoms with Gasteiger partial charge in [-0.05, 0) is 56.1 Å². The fourth-order valence-electron chi connectivity index (χ4n) is 2.49. The Morgan fingerprint density at radius 3 is 2.83 bits per heavy atom. The van der Waals surface area contributed by atoms with Crippen molar-refractivity contribution in [3.05, 3.63) is 35.3 Å². The van der Waals surface area contributed by atoms with Crippen molar-refractivity contribution in [2.75, 3.05) is 25.0 Å². The number of aromatic nitrogens is 1. The highest BCUT2D eigenvalue weighted by atomic mass is 32.1. The monoisotopic (exact) mass is 333 g/mol. The molecule has 1 aromatic heterocycles. The van der Waals surface area contributed by atoms with Crippen molar-refractivity contribution in [2.24, 2.45) is 0 Å². The fourth-order valence-corrected chi connectivity index (χ4v) is 3.49. The van der Waals surface area contributed by atoms with E-state index < -0.39 is 0 Å². The number of hydrogen-bond donors (Lipinski definition) is 3. The van der Waals surface area contributed by atoms with Gasteiger partial charge in [-0.1, -0.05) is 0 Å². The molecule has 1 aliphatic heterocycles. The molecular weight excluding hydrogens is 314 g/mol. The van der Waals surface area contributed by atoms with Crippen LogP contribution in [-0.2, 0) is 4.79 Å². The molecule has 1 amide bonds. The van der Waals surface area contributed by atoms with Crippen molar-refractivity contribution in [1.29, 1.82) is 0 Å². The summed E-state index contributed by atoms with van der Waals surface area (Å²) < 4.78 is 5.36. The van der Waals surface area contributed by atoms with Crippen LogP contribution in [-0.4, -0.2) is 35.7 Å². The molecule has 6 nitrogen and oxygen atoms in total. The summed E-state index contributed by atoms with van der Waals surface area (Å²) in [5.74, 6) is 0.986. The van der Waals surface area contributed by atoms with Crippen molar-refractivity contribution in [3.8, 4) is 11.5 Å². The molecule has 0 aliphatic carbocycles. The number of aromatic hydroxyl groups is 1. The molecule has 0 atom stereocenters. The van der Waals surface area contributed by atoms with E-state index in [2.05, 4.69) is 15.6 Å². The highest BCUT2D eigenvalue weighted by molar-refractivity contribution is 7.15. The van der Waals surface area contributed by atoms with Crippen molar-refractivity contribution in [3.63, 3.8) is 0 Å². The summed E-state index contributed by atoms with van der Waals surface area (Å²) in [4.78, 5) is 17.4. The van der Waals surface area contributed by atoms with Gasteiger partial charge >= 0.3 is 0 Å². The summed E-state index contributed by atoms with van der Waals surface area (Å²) in [5.41, 5.74) is 0. The maximum Gasteiger partial charge on any atom is 0.264 e. The number of phenolic OH excluding ortho intramolecular Hbond substituents is 1. The van der Waals surface area contributed by atoms with Crippen LogP contribution in [0.25, 0.3) is 0 Å². The van der Waals surface area contributed by atoms with Gasteiger partial charge in [-0.3, -0.25) is 10.1 Å². The molecule has 23 heavy (non-hydrogen) atoms. The second-order valence-electron chi connectivity index (χ2n) is 5.42. The number of hydrogen-bond acceptors (Lipinski definition) is 6. The van der Waals surface area contributed by atoms with Gasteiger partial charge in [0, 0.05) is 11.1 Å². The number of carbonyl (C=O) groups excluding carboxylic acids is 1. The van der Waals surface area contributed by atoms with Crippen LogP contribution in [0.2, 0.25) is 0 Å². The molecule has 1 fully saturated rings. The minimum atomic E-state index is -0.246. The molecule has 122 valence electrons. The van der Waals surface area contributed by atoms with Gasteiger partial charge in [-0.15, -0.1) is 11.3 Å². The quantitative estimate of drug-likeness (QED) is 0.782. The zero-order valence-electron chi connectivity index (χ0n) is 12.6. The molecular formula is C16H19N3O3S. The number of anilines is 1. The lowest BCUT2D eigenvalue weighted by Crippen LogP contribution is -2.26. The van der Waals surface area contributed by atoms with Gasteiger partial charge in [0.1, 0.15) is 11.5 Å². The second kappa shape index (κ2) is 7.43. The van der Waals surface area contributed by atoms with Crippen LogP contribution in [0.3, 0.4) is 0 Å². The van der Waals surface area contributed by atoms with E-state index in [-0.39, 0.29) is 18.3 Å². The highest BCUT2D eigenvalue weighted by Crippen LogP contribution is 2.31. The molecule has 2 aromatic rings. The number of nitrogens with zero attached hydrogens (tertiary/aromatic N) is 1. The van der Waals surface area contributed by atoms with Crippen LogP contribution in [0.15, 0.2) is 30.5 Å². The van der Waals surface area contributed by atoms with Crippen LogP contribution in [0.1, 0.15) is 23.6 Å². The Kier molecular flexibility index (Phi) is 5.09. The predicted octanol–water partition coefficient (Wildman–Crippen LogP) is 2.33. The van der Waals surface area contributed by atoms with E-state index in [1.807, 2.05) is 6.20 Å². The third-order valence-corrected chi connectivity index (χ3v) is 4.79. The van der Waals surface area contributed by atoms with E-state index in [1.54, 1.807) is 12.1 Å². The molecule has 3 rings (SSSR count). The predicted molar refractivity (Wildman–Crippen MR) is 89.2 cm³/mol. The third kappa shape index (κ3) is 4.43. The van der Waals surface area contributed by atoms with Gasteiger partial charge in [0.2, 0.25) is 0 Å². The number of rotatable bonds is 5. The number of carbonyl (C=O) groups is 1. The number of piperidine rings is 1. The Bertz CT molecular complexity index is 651. The van der Waals surface area contributed by atoms with E-state index in [4.69, 9.17) is 4.74 Å². The van der Waals surface area contributed by atoms with E-state index in [9.17, 15) is 9.90 Å². The zero-order valence-corrected chi connectivity index (χ0v) is 13.4. The first-order valence-electron chi connectivity index (χ1n) is 7.59. The first-order chi connectivity index (χ1) is 11.2. The van der Waals surface area contributed by atoms with Crippen LogP contribution in [0, 0.1) is 0 Å². The SMILES string of the molecule is O=C(COc1ccc(O)cc1)Nc1ncc(C2CCNCC2)s1. The van der Waals surface area contributed by atoms with Gasteiger partial charge in [-0.25, -0.2) is 4.98 Å². The van der Waals surface area contributed by atoms with Crippen molar-refractivity contribution >= 4 is 22.4 Å². The summed E-state index contributed by atoms with van der Waals surface area (Å²) in [7, 11) is 0. The second-order valence-corrected chi connectivity index (χ2v) is 6.49. The third-order valence-electron chi connectivity index (χ3n) is 3.72. The zero-order chi connectivity index (χ0) is 16.1. The van der Waals surface area contributed by atoms with Crippen LogP contribution < -0.4 is 15.4 Å². The molecule has 1 aliphatic rings. The molecule has 1 aromatic carbocycles. The van der Waals surface area contributed by atoms with Gasteiger partial charge in [0.15, 0.2) is 11.7 Å². The minimum Gasteiger partial charge on any atom is -0.508 e. The lowest BCUT2D eigenvalue weighted by Gasteiger charge is -2.20. The smallest absolute Gasteiger partial charge is 0.264 e. The number of thiazole rings is 1. The van der Waals surface area contributed by atoms with Gasteiger partial charge in [0.05, 0.1) is 0 Å². The number of phenols is 1. The Labute approximate surface area is 138 Å². The van der Waals surface area contributed by atoms with E-state index in [0.717, 1.165) is 25.9 Å². The van der Waals surface area contributed by atoms with E-state index in [0.29, 0.717) is 16.8 Å². The summed E-state index contributed by atoms with van der Waals surface area (Å²) in [5, 5.41) is 15.9. The summed E-state index contributed by atoms with van der Waals surface area (Å²) in [6.07, 6.45) is 4.08. The Hall–Kier alpha value is -2.12. The fraction of sp³-hybridized carbons (Fsp3) is 0.375. The first kappa shape index (κ1) is 15.8. The molecule has 1 saturated heterocycles. The largest absolute Gasteiger partial charge is 0.508 e. The molecule has 0 spiro atoms. The van der Waals surface area contributed by atoms with Crippen LogP contribution in [0.4, 0.5) is 5.13 Å². The van der Waals surface area contributed by atoms with Gasteiger partial charge in [-0.2, -0.15) is 0 Å². The number of nitrogens with one attached hydrogen (secondary N) is 2. The van der Waals surface area contributed by atoms with Gasteiger partial charge < -0.3 is 15.2 Å². The molecule has 0 radical (unpaired) electrons. The average Bonchev–Trinajstić information content (AvgIpc) is 3.04. The lowest BCUT2D eigenvalue weighted by molar-refractivity contribution is -0.118. The summed E-state index contributed by atoms with van der Waals surface area (Å²) in [6.45, 7) is 1.97. The molecule has 0 unspecified atom stereocenters. The summed E-state index contributed by atoms with van der Waals surface area (Å²) >= 11 is 1.53. The van der Waals surface area contributed by atoms with Crippen molar-refractivity contribution in [2.45, 2.75) is 18.8 Å². The standard InChI is InChI=1S/C16H19N3O3S/c20-12-1-3-13(4-2-12)22-10-15(21)19-16-18-9-14(23-16)11-5-7-17-8-6-11/h1-4,9,11,17,20H,5-8,10H2,(H,18,19,21). The highest BCUT2D eigenvalue weighted by Gasteiger charge is 2.18. The number of benzene rings is 1. The number of ether oxygens (including phenoxy) is 1. The topological polar surface area (TPSA) is 83.5 Å². The minimum absolute atomic E-state index is 0.0902. The molecule has 2 heterocycles. The van der Waals surface area contributed by atoms with Crippen molar-refractivity contribution < 1.29 is 14.6 Å². The molecule has 3 N–H and O–H groups in total. The van der Waals surface area contributed by atoms with Gasteiger partial charge in [0.25, 0.3) is 5.91 Å². The number of amides is 1. The molecule has 0 bridgehead atoms. The van der Waals surface area contributed by atoms with E-state index >= 15 is 0 Å². The average molecular weight is 333 g/mol. The first-order valence-corrected chi connectivity index (χ1v) is 8.40. The Morgan fingerprint density at radius 1 is 1.35 bits per heavy atom. The summed E-state index contributed by atoms with van der Waals surface area (Å²) in [6, 6.07) is 6.25. The van der Waals surface area contributed by atoms with E-state index in [1.165, 1.54) is 28.3 Å². The lowest BCUT2D eigenvalue weighted by atomic mass is 9.97. The normalized spacial score (nSPS) is 15.3. The molecule has 0 saturated carbocycles. The molecule has 7 heteroatoms.